The highest BCUT2D eigenvalue weighted by atomic mass is 16.5. The Balaban J connectivity index is 1.87. The van der Waals surface area contributed by atoms with Gasteiger partial charge in [0.15, 0.2) is 0 Å². The molecule has 0 spiro atoms. The predicted molar refractivity (Wildman–Crippen MR) is 75.8 cm³/mol. The number of rotatable bonds is 7. The van der Waals surface area contributed by atoms with E-state index >= 15 is 0 Å². The van der Waals surface area contributed by atoms with Gasteiger partial charge in [-0.1, -0.05) is 18.1 Å². The van der Waals surface area contributed by atoms with Crippen molar-refractivity contribution in [3.05, 3.63) is 29.8 Å². The number of hydrogen-bond acceptors (Lipinski definition) is 3. The standard InChI is InChI=1S/C16H21NO2/c1-3-10-19-15-8-4-13(5-9-15)11-17-16(2,12-18)14-6-7-14/h1,4-5,8-9,14,17-18H,6-7,10-12H2,2H3. The highest BCUT2D eigenvalue weighted by molar-refractivity contribution is 5.27. The van der Waals surface area contributed by atoms with E-state index in [9.17, 15) is 5.11 Å². The Bertz CT molecular complexity index is 445. The molecule has 0 bridgehead atoms. The van der Waals surface area contributed by atoms with E-state index in [0.29, 0.717) is 12.5 Å². The lowest BCUT2D eigenvalue weighted by Gasteiger charge is -2.29. The minimum atomic E-state index is -0.154. The topological polar surface area (TPSA) is 41.5 Å². The van der Waals surface area contributed by atoms with Crippen LogP contribution in [0.15, 0.2) is 24.3 Å². The first-order chi connectivity index (χ1) is 9.18. The molecule has 102 valence electrons. The molecule has 2 rings (SSSR count). The van der Waals surface area contributed by atoms with Gasteiger partial charge in [-0.25, -0.2) is 0 Å². The molecule has 0 aromatic heterocycles. The molecule has 0 amide bonds. The van der Waals surface area contributed by atoms with Gasteiger partial charge in [0, 0.05) is 12.1 Å². The van der Waals surface area contributed by atoms with Gasteiger partial charge in [0.05, 0.1) is 6.61 Å². The Morgan fingerprint density at radius 1 is 1.42 bits per heavy atom. The molecule has 2 N–H and O–H groups in total. The van der Waals surface area contributed by atoms with Crippen molar-refractivity contribution in [2.24, 2.45) is 5.92 Å². The Morgan fingerprint density at radius 2 is 2.11 bits per heavy atom. The average molecular weight is 259 g/mol. The third-order valence-corrected chi connectivity index (χ3v) is 3.75. The van der Waals surface area contributed by atoms with Crippen molar-refractivity contribution < 1.29 is 9.84 Å². The maximum Gasteiger partial charge on any atom is 0.148 e. The van der Waals surface area contributed by atoms with E-state index in [4.69, 9.17) is 11.2 Å². The summed E-state index contributed by atoms with van der Waals surface area (Å²) < 4.78 is 5.33. The highest BCUT2D eigenvalue weighted by Crippen LogP contribution is 2.39. The third kappa shape index (κ3) is 3.73. The van der Waals surface area contributed by atoms with Crippen molar-refractivity contribution in [1.82, 2.24) is 5.32 Å². The number of ether oxygens (including phenoxy) is 1. The summed E-state index contributed by atoms with van der Waals surface area (Å²) in [6.45, 7) is 3.32. The van der Waals surface area contributed by atoms with E-state index in [1.807, 2.05) is 24.3 Å². The van der Waals surface area contributed by atoms with Gasteiger partial charge in [0.25, 0.3) is 0 Å². The van der Waals surface area contributed by atoms with Crippen molar-refractivity contribution in [3.63, 3.8) is 0 Å². The molecule has 1 aromatic rings. The second-order valence-electron chi connectivity index (χ2n) is 5.34. The monoisotopic (exact) mass is 259 g/mol. The van der Waals surface area contributed by atoms with Crippen molar-refractivity contribution in [3.8, 4) is 18.1 Å². The van der Waals surface area contributed by atoms with Gasteiger partial charge in [0.2, 0.25) is 0 Å². The molecule has 1 atom stereocenters. The third-order valence-electron chi connectivity index (χ3n) is 3.75. The lowest BCUT2D eigenvalue weighted by atomic mass is 9.96. The van der Waals surface area contributed by atoms with Crippen LogP contribution in [0.5, 0.6) is 5.75 Å². The molecule has 0 radical (unpaired) electrons. The molecule has 1 saturated carbocycles. The molecule has 1 fully saturated rings. The number of aliphatic hydroxyl groups is 1. The Labute approximate surface area is 115 Å². The van der Waals surface area contributed by atoms with Gasteiger partial charge in [-0.3, -0.25) is 0 Å². The van der Waals surface area contributed by atoms with Crippen molar-refractivity contribution in [2.45, 2.75) is 31.8 Å². The van der Waals surface area contributed by atoms with Crippen molar-refractivity contribution in [2.75, 3.05) is 13.2 Å². The predicted octanol–water partition coefficient (Wildman–Crippen LogP) is 1.95. The quantitative estimate of drug-likeness (QED) is 0.735. The molecule has 1 unspecified atom stereocenters. The molecule has 1 aromatic carbocycles. The van der Waals surface area contributed by atoms with Crippen LogP contribution in [0.1, 0.15) is 25.3 Å². The molecule has 1 aliphatic rings. The largest absolute Gasteiger partial charge is 0.481 e. The fraction of sp³-hybridized carbons (Fsp3) is 0.500. The van der Waals surface area contributed by atoms with E-state index in [0.717, 1.165) is 12.3 Å². The average Bonchev–Trinajstić information content (AvgIpc) is 3.28. The zero-order valence-corrected chi connectivity index (χ0v) is 11.4. The smallest absolute Gasteiger partial charge is 0.148 e. The summed E-state index contributed by atoms with van der Waals surface area (Å²) in [7, 11) is 0. The van der Waals surface area contributed by atoms with Gasteiger partial charge >= 0.3 is 0 Å². The van der Waals surface area contributed by atoms with Gasteiger partial charge < -0.3 is 15.2 Å². The Kier molecular flexibility index (Phi) is 4.47. The van der Waals surface area contributed by atoms with Crippen LogP contribution in [-0.2, 0) is 6.54 Å². The van der Waals surface area contributed by atoms with Crippen molar-refractivity contribution >= 4 is 0 Å². The van der Waals surface area contributed by atoms with E-state index < -0.39 is 0 Å². The number of terminal acetylenes is 1. The van der Waals surface area contributed by atoms with E-state index in [1.165, 1.54) is 18.4 Å². The fourth-order valence-corrected chi connectivity index (χ4v) is 2.18. The highest BCUT2D eigenvalue weighted by Gasteiger charge is 2.40. The molecular formula is C16H21NO2. The van der Waals surface area contributed by atoms with Crippen LogP contribution >= 0.6 is 0 Å². The van der Waals surface area contributed by atoms with Crippen LogP contribution in [0.2, 0.25) is 0 Å². The SMILES string of the molecule is C#CCOc1ccc(CNC(C)(CO)C2CC2)cc1. The summed E-state index contributed by atoms with van der Waals surface area (Å²) in [5.74, 6) is 3.83. The van der Waals surface area contributed by atoms with Crippen molar-refractivity contribution in [1.29, 1.82) is 0 Å². The van der Waals surface area contributed by atoms with Crippen LogP contribution in [0.3, 0.4) is 0 Å². The van der Waals surface area contributed by atoms with Gasteiger partial charge in [0.1, 0.15) is 12.4 Å². The van der Waals surface area contributed by atoms with Crippen LogP contribution in [0.4, 0.5) is 0 Å². The van der Waals surface area contributed by atoms with Crippen LogP contribution < -0.4 is 10.1 Å². The molecule has 0 aliphatic heterocycles. The normalized spacial score (nSPS) is 17.5. The second kappa shape index (κ2) is 6.10. The van der Waals surface area contributed by atoms with Gasteiger partial charge in [-0.05, 0) is 43.4 Å². The van der Waals surface area contributed by atoms with E-state index in [1.54, 1.807) is 0 Å². The number of benzene rings is 1. The minimum Gasteiger partial charge on any atom is -0.481 e. The van der Waals surface area contributed by atoms with Crippen LogP contribution in [0, 0.1) is 18.3 Å². The molecule has 3 nitrogen and oxygen atoms in total. The van der Waals surface area contributed by atoms with Gasteiger partial charge in [-0.2, -0.15) is 0 Å². The lowest BCUT2D eigenvalue weighted by Crippen LogP contribution is -2.47. The molecule has 0 saturated heterocycles. The molecule has 0 heterocycles. The summed E-state index contributed by atoms with van der Waals surface area (Å²) in [5.41, 5.74) is 1.02. The molecule has 19 heavy (non-hydrogen) atoms. The second-order valence-corrected chi connectivity index (χ2v) is 5.34. The first-order valence-electron chi connectivity index (χ1n) is 6.69. The van der Waals surface area contributed by atoms with Crippen LogP contribution in [0.25, 0.3) is 0 Å². The Morgan fingerprint density at radius 3 is 2.63 bits per heavy atom. The summed E-state index contributed by atoms with van der Waals surface area (Å²) >= 11 is 0. The zero-order chi connectivity index (χ0) is 13.7. The fourth-order valence-electron chi connectivity index (χ4n) is 2.18. The molecule has 1 aliphatic carbocycles. The molecular weight excluding hydrogens is 238 g/mol. The summed E-state index contributed by atoms with van der Waals surface area (Å²) in [5, 5.41) is 13.0. The Hall–Kier alpha value is -1.50. The first-order valence-corrected chi connectivity index (χ1v) is 6.69. The summed E-state index contributed by atoms with van der Waals surface area (Å²) in [6, 6.07) is 7.87. The summed E-state index contributed by atoms with van der Waals surface area (Å²) in [4.78, 5) is 0. The maximum atomic E-state index is 9.51. The number of hydrogen-bond donors (Lipinski definition) is 2. The lowest BCUT2D eigenvalue weighted by molar-refractivity contribution is 0.153. The first kappa shape index (κ1) is 13.9. The van der Waals surface area contributed by atoms with E-state index in [-0.39, 0.29) is 12.1 Å². The van der Waals surface area contributed by atoms with E-state index in [2.05, 4.69) is 18.2 Å². The zero-order valence-electron chi connectivity index (χ0n) is 11.4. The van der Waals surface area contributed by atoms with Gasteiger partial charge in [-0.15, -0.1) is 6.42 Å². The number of aliphatic hydroxyl groups excluding tert-OH is 1. The molecule has 3 heteroatoms. The minimum absolute atomic E-state index is 0.154. The summed E-state index contributed by atoms with van der Waals surface area (Å²) in [6.07, 6.45) is 7.57. The van der Waals surface area contributed by atoms with Crippen LogP contribution in [-0.4, -0.2) is 23.9 Å². The number of nitrogens with one attached hydrogen (secondary N) is 1. The maximum absolute atomic E-state index is 9.51.